The van der Waals surface area contributed by atoms with E-state index in [0.29, 0.717) is 10.4 Å². The Morgan fingerprint density at radius 2 is 1.44 bits per heavy atom. The molecule has 8 heteroatoms. The van der Waals surface area contributed by atoms with Gasteiger partial charge in [0, 0.05) is 21.2 Å². The van der Waals surface area contributed by atoms with Crippen LogP contribution in [0.4, 0.5) is 0 Å². The number of carboxylic acid groups (broad SMARTS) is 1. The summed E-state index contributed by atoms with van der Waals surface area (Å²) >= 11 is 4.21. The number of benzene rings is 1. The zero-order valence-corrected chi connectivity index (χ0v) is 22.5. The minimum Gasteiger partial charge on any atom is -0.480 e. The first-order valence-corrected chi connectivity index (χ1v) is 14.2. The van der Waals surface area contributed by atoms with Crippen LogP contribution in [0, 0.1) is 26.7 Å². The highest BCUT2D eigenvalue weighted by atomic mass is 32.1. The Bertz CT molecular complexity index is 1430. The third-order valence-corrected chi connectivity index (χ3v) is 10.0. The van der Waals surface area contributed by atoms with Crippen molar-refractivity contribution >= 4 is 51.7 Å². The molecule has 4 aromatic rings. The maximum atomic E-state index is 14.4. The predicted molar refractivity (Wildman–Crippen MR) is 145 cm³/mol. The van der Waals surface area contributed by atoms with Crippen LogP contribution < -0.4 is 0 Å². The molecule has 1 aliphatic heterocycles. The highest BCUT2D eigenvalue weighted by molar-refractivity contribution is 7.12. The minimum atomic E-state index is -1.18. The van der Waals surface area contributed by atoms with Crippen LogP contribution in [0.3, 0.4) is 0 Å². The molecule has 5 nitrogen and oxygen atoms in total. The van der Waals surface area contributed by atoms with Crippen molar-refractivity contribution in [3.05, 3.63) is 102 Å². The van der Waals surface area contributed by atoms with Crippen LogP contribution in [-0.4, -0.2) is 33.7 Å². The van der Waals surface area contributed by atoms with E-state index in [1.807, 2.05) is 61.9 Å². The molecule has 4 heterocycles. The van der Waals surface area contributed by atoms with E-state index in [0.717, 1.165) is 26.4 Å². The summed E-state index contributed by atoms with van der Waals surface area (Å²) in [5.74, 6) is -3.00. The quantitative estimate of drug-likeness (QED) is 0.278. The van der Waals surface area contributed by atoms with Crippen molar-refractivity contribution in [1.82, 2.24) is 4.90 Å². The van der Waals surface area contributed by atoms with E-state index < -0.39 is 29.9 Å². The maximum Gasteiger partial charge on any atom is 0.327 e. The van der Waals surface area contributed by atoms with Gasteiger partial charge in [0.25, 0.3) is 5.91 Å². The molecule has 1 amide bonds. The van der Waals surface area contributed by atoms with Crippen molar-refractivity contribution in [2.75, 3.05) is 0 Å². The van der Waals surface area contributed by atoms with Crippen LogP contribution in [0.25, 0.3) is 0 Å². The lowest BCUT2D eigenvalue weighted by Crippen LogP contribution is -2.43. The van der Waals surface area contributed by atoms with Gasteiger partial charge < -0.3 is 10.0 Å². The zero-order chi connectivity index (χ0) is 25.6. The molecule has 1 saturated heterocycles. The Hall–Kier alpha value is -3.07. The van der Waals surface area contributed by atoms with E-state index in [1.165, 1.54) is 38.9 Å². The fourth-order valence-corrected chi connectivity index (χ4v) is 8.15. The standard InChI is InChI=1S/C28H25NO4S3/c1-15-7-4-5-8-18(15)24(30)20-21(25-16(2)10-13-35-25)23(28(32)33)29(27(31)19-9-6-12-34-19)22(20)26-17(3)11-14-36-26/h4-14,20-23H,1-3H3,(H,32,33). The lowest BCUT2D eigenvalue weighted by molar-refractivity contribution is -0.142. The number of hydrogen-bond acceptors (Lipinski definition) is 6. The number of carbonyl (C=O) groups is 3. The number of amides is 1. The van der Waals surface area contributed by atoms with E-state index in [2.05, 4.69) is 0 Å². The summed E-state index contributed by atoms with van der Waals surface area (Å²) in [6, 6.07) is 12.9. The van der Waals surface area contributed by atoms with Gasteiger partial charge in [-0.1, -0.05) is 30.3 Å². The fourth-order valence-electron chi connectivity index (χ4n) is 5.31. The molecule has 4 unspecified atom stereocenters. The molecule has 1 fully saturated rings. The number of aliphatic carboxylic acids is 1. The number of Topliss-reactive ketones (excluding diaryl/α,β-unsaturated/α-hetero) is 1. The van der Waals surface area contributed by atoms with Gasteiger partial charge in [0.1, 0.15) is 6.04 Å². The van der Waals surface area contributed by atoms with E-state index in [4.69, 9.17) is 0 Å². The van der Waals surface area contributed by atoms with Crippen LogP contribution >= 0.6 is 34.0 Å². The first-order chi connectivity index (χ1) is 17.3. The molecule has 184 valence electrons. The Morgan fingerprint density at radius 1 is 0.778 bits per heavy atom. The minimum absolute atomic E-state index is 0.128. The Balaban J connectivity index is 1.79. The van der Waals surface area contributed by atoms with Gasteiger partial charge in [-0.2, -0.15) is 0 Å². The monoisotopic (exact) mass is 535 g/mol. The van der Waals surface area contributed by atoms with Crippen LogP contribution in [0.2, 0.25) is 0 Å². The van der Waals surface area contributed by atoms with Gasteiger partial charge in [-0.05, 0) is 71.8 Å². The molecule has 0 bridgehead atoms. The van der Waals surface area contributed by atoms with Crippen molar-refractivity contribution in [2.24, 2.45) is 5.92 Å². The second-order valence-electron chi connectivity index (χ2n) is 9.08. The summed E-state index contributed by atoms with van der Waals surface area (Å²) in [6.45, 7) is 5.78. The molecule has 5 rings (SSSR count). The molecule has 1 aliphatic rings. The molecule has 36 heavy (non-hydrogen) atoms. The average Bonchev–Trinajstić information content (AvgIpc) is 3.64. The molecule has 0 spiro atoms. The molecule has 1 aromatic carbocycles. The molecule has 0 saturated carbocycles. The summed E-state index contributed by atoms with van der Waals surface area (Å²) in [5, 5.41) is 16.3. The van der Waals surface area contributed by atoms with E-state index in [1.54, 1.807) is 23.6 Å². The largest absolute Gasteiger partial charge is 0.480 e. The SMILES string of the molecule is Cc1ccccc1C(=O)C1C(c2sccc2C)C(C(=O)O)N(C(=O)c2cccs2)C1c1sccc1C. The van der Waals surface area contributed by atoms with Crippen LogP contribution in [0.1, 0.15) is 58.4 Å². The van der Waals surface area contributed by atoms with Gasteiger partial charge in [-0.3, -0.25) is 9.59 Å². The molecular weight excluding hydrogens is 511 g/mol. The lowest BCUT2D eigenvalue weighted by Gasteiger charge is -2.29. The Morgan fingerprint density at radius 3 is 2.00 bits per heavy atom. The van der Waals surface area contributed by atoms with Gasteiger partial charge in [-0.25, -0.2) is 4.79 Å². The summed E-state index contributed by atoms with van der Waals surface area (Å²) in [5.41, 5.74) is 3.28. The molecule has 0 aliphatic carbocycles. The van der Waals surface area contributed by atoms with Gasteiger partial charge in [0.2, 0.25) is 0 Å². The number of thiophene rings is 3. The fraction of sp³-hybridized carbons (Fsp3) is 0.250. The topological polar surface area (TPSA) is 74.7 Å². The van der Waals surface area contributed by atoms with Crippen LogP contribution in [0.15, 0.2) is 64.7 Å². The van der Waals surface area contributed by atoms with Crippen molar-refractivity contribution in [1.29, 1.82) is 0 Å². The first-order valence-electron chi connectivity index (χ1n) is 11.6. The number of aryl methyl sites for hydroxylation is 3. The molecule has 3 aromatic heterocycles. The van der Waals surface area contributed by atoms with Crippen molar-refractivity contribution < 1.29 is 19.5 Å². The van der Waals surface area contributed by atoms with E-state index in [9.17, 15) is 19.5 Å². The van der Waals surface area contributed by atoms with Crippen LogP contribution in [-0.2, 0) is 4.79 Å². The zero-order valence-electron chi connectivity index (χ0n) is 20.0. The van der Waals surface area contributed by atoms with Gasteiger partial charge in [0.05, 0.1) is 16.8 Å². The number of likely N-dealkylation sites (tertiary alicyclic amines) is 1. The van der Waals surface area contributed by atoms with Gasteiger partial charge in [0.15, 0.2) is 5.78 Å². The molecule has 1 N–H and O–H groups in total. The normalized spacial score (nSPS) is 21.6. The van der Waals surface area contributed by atoms with Crippen molar-refractivity contribution in [3.63, 3.8) is 0 Å². The van der Waals surface area contributed by atoms with Crippen molar-refractivity contribution in [3.8, 4) is 0 Å². The molecule has 4 atom stereocenters. The summed E-state index contributed by atoms with van der Waals surface area (Å²) in [7, 11) is 0. The van der Waals surface area contributed by atoms with E-state index >= 15 is 0 Å². The van der Waals surface area contributed by atoms with Gasteiger partial charge in [-0.15, -0.1) is 34.0 Å². The number of rotatable bonds is 6. The van der Waals surface area contributed by atoms with Gasteiger partial charge >= 0.3 is 5.97 Å². The average molecular weight is 536 g/mol. The number of nitrogens with zero attached hydrogens (tertiary/aromatic N) is 1. The molecular formula is C28H25NO4S3. The number of carboxylic acids is 1. The number of carbonyl (C=O) groups excluding carboxylic acids is 2. The lowest BCUT2D eigenvalue weighted by atomic mass is 9.78. The highest BCUT2D eigenvalue weighted by Crippen LogP contribution is 2.54. The Labute approximate surface area is 221 Å². The maximum absolute atomic E-state index is 14.4. The smallest absolute Gasteiger partial charge is 0.327 e. The first kappa shape index (κ1) is 24.6. The van der Waals surface area contributed by atoms with E-state index in [-0.39, 0.29) is 11.7 Å². The molecule has 0 radical (unpaired) electrons. The summed E-state index contributed by atoms with van der Waals surface area (Å²) in [6.07, 6.45) is 0. The predicted octanol–water partition coefficient (Wildman–Crippen LogP) is 6.73. The van der Waals surface area contributed by atoms with Crippen LogP contribution in [0.5, 0.6) is 0 Å². The second-order valence-corrected chi connectivity index (χ2v) is 11.9. The number of hydrogen-bond donors (Lipinski definition) is 1. The third-order valence-electron chi connectivity index (χ3n) is 6.97. The van der Waals surface area contributed by atoms with Crippen molar-refractivity contribution in [2.45, 2.75) is 38.8 Å². The summed E-state index contributed by atoms with van der Waals surface area (Å²) in [4.78, 5) is 45.0. The highest BCUT2D eigenvalue weighted by Gasteiger charge is 2.59. The third kappa shape index (κ3) is 4.03. The Kier molecular flexibility index (Phi) is 6.68. The summed E-state index contributed by atoms with van der Waals surface area (Å²) < 4.78 is 0. The number of ketones is 1. The second kappa shape index (κ2) is 9.76.